The van der Waals surface area contributed by atoms with Crippen molar-refractivity contribution < 1.29 is 14.3 Å². The number of nitrogens with zero attached hydrogens (tertiary/aromatic N) is 6. The maximum absolute atomic E-state index is 12.3. The number of carbonyl (C=O) groups excluding carboxylic acids is 1. The Hall–Kier alpha value is -3.86. The maximum atomic E-state index is 12.3. The molecule has 0 aliphatic carbocycles. The lowest BCUT2D eigenvalue weighted by atomic mass is 10.1. The fraction of sp³-hybridized carbons (Fsp3) is 0.429. The topological polar surface area (TPSA) is 115 Å². The lowest BCUT2D eigenvalue weighted by molar-refractivity contribution is 0.0126. The molecule has 5 heterocycles. The van der Waals surface area contributed by atoms with Gasteiger partial charge in [0.05, 0.1) is 22.1 Å². The minimum absolute atomic E-state index is 0.00464. The monoisotopic (exact) mass is 547 g/mol. The molecule has 204 valence electrons. The van der Waals surface area contributed by atoms with Gasteiger partial charge in [0, 0.05) is 43.9 Å². The van der Waals surface area contributed by atoms with E-state index in [9.17, 15) is 4.79 Å². The van der Waals surface area contributed by atoms with Crippen LogP contribution in [0.4, 0.5) is 16.4 Å². The van der Waals surface area contributed by atoms with Crippen molar-refractivity contribution in [1.82, 2.24) is 30.0 Å². The van der Waals surface area contributed by atoms with E-state index in [0.29, 0.717) is 35.8 Å². The van der Waals surface area contributed by atoms with Crippen LogP contribution in [0.25, 0.3) is 21.5 Å². The van der Waals surface area contributed by atoms with E-state index >= 15 is 0 Å². The first-order chi connectivity index (χ1) is 18.6. The molecule has 10 nitrogen and oxygen atoms in total. The van der Waals surface area contributed by atoms with Gasteiger partial charge in [-0.05, 0) is 56.5 Å². The van der Waals surface area contributed by atoms with Crippen molar-refractivity contribution in [3.05, 3.63) is 48.4 Å². The summed E-state index contributed by atoms with van der Waals surface area (Å²) in [6.45, 7) is 11.1. The molecule has 0 atom stereocenters. The average molecular weight is 548 g/mol. The summed E-state index contributed by atoms with van der Waals surface area (Å²) in [6.07, 6.45) is 6.60. The Morgan fingerprint density at radius 1 is 1.05 bits per heavy atom. The summed E-state index contributed by atoms with van der Waals surface area (Å²) >= 11 is 1.47. The molecule has 1 N–H and O–H groups in total. The number of nitrogens with one attached hydrogen (secondary N) is 1. The number of likely N-dealkylation sites (tertiary alicyclic amines) is 1. The van der Waals surface area contributed by atoms with Crippen LogP contribution in [0.1, 0.15) is 58.9 Å². The summed E-state index contributed by atoms with van der Waals surface area (Å²) in [4.78, 5) is 28.8. The van der Waals surface area contributed by atoms with E-state index in [2.05, 4.69) is 39.3 Å². The van der Waals surface area contributed by atoms with Crippen LogP contribution in [0, 0.1) is 0 Å². The van der Waals surface area contributed by atoms with Crippen LogP contribution in [0.3, 0.4) is 0 Å². The highest BCUT2D eigenvalue weighted by atomic mass is 32.1. The average Bonchev–Trinajstić information content (AvgIpc) is 3.36. The third-order valence-corrected chi connectivity index (χ3v) is 7.20. The van der Waals surface area contributed by atoms with Crippen molar-refractivity contribution in [2.24, 2.45) is 0 Å². The number of fused-ring (bicyclic) bond motifs is 1. The number of pyridine rings is 2. The predicted molar refractivity (Wildman–Crippen MR) is 152 cm³/mol. The van der Waals surface area contributed by atoms with Crippen molar-refractivity contribution in [2.75, 3.05) is 18.4 Å². The number of ether oxygens (including phenoxy) is 2. The minimum atomic E-state index is -0.499. The first-order valence-corrected chi connectivity index (χ1v) is 13.9. The number of anilines is 2. The van der Waals surface area contributed by atoms with Gasteiger partial charge < -0.3 is 19.7 Å². The van der Waals surface area contributed by atoms with E-state index in [0.717, 1.165) is 39.9 Å². The van der Waals surface area contributed by atoms with E-state index in [1.54, 1.807) is 17.3 Å². The van der Waals surface area contributed by atoms with Gasteiger partial charge in [0.2, 0.25) is 0 Å². The van der Waals surface area contributed by atoms with Crippen LogP contribution >= 0.6 is 11.3 Å². The number of piperidine rings is 1. The number of amides is 1. The Morgan fingerprint density at radius 3 is 2.59 bits per heavy atom. The van der Waals surface area contributed by atoms with Crippen molar-refractivity contribution in [3.8, 4) is 15.6 Å². The van der Waals surface area contributed by atoms with E-state index in [-0.39, 0.29) is 12.2 Å². The van der Waals surface area contributed by atoms with Crippen LogP contribution in [0.2, 0.25) is 0 Å². The molecule has 0 aromatic carbocycles. The quantitative estimate of drug-likeness (QED) is 0.302. The highest BCUT2D eigenvalue weighted by Gasteiger charge is 2.28. The molecule has 39 heavy (non-hydrogen) atoms. The van der Waals surface area contributed by atoms with Crippen LogP contribution in [-0.2, 0) is 4.74 Å². The smallest absolute Gasteiger partial charge is 0.410 e. The number of aromatic nitrogens is 5. The number of carbonyl (C=O) groups is 1. The summed E-state index contributed by atoms with van der Waals surface area (Å²) in [5, 5.41) is 12.1. The minimum Gasteiger partial charge on any atom is -0.467 e. The van der Waals surface area contributed by atoms with Crippen LogP contribution < -0.4 is 10.1 Å². The van der Waals surface area contributed by atoms with E-state index in [4.69, 9.17) is 14.5 Å². The normalized spacial score (nSPS) is 14.6. The van der Waals surface area contributed by atoms with Gasteiger partial charge in [0.25, 0.3) is 5.19 Å². The van der Waals surface area contributed by atoms with E-state index in [1.807, 2.05) is 51.2 Å². The SMILES string of the molecule is CC(C)c1cnnc(Nc2ccc3ncc(-c4cnc(OC5CCN(C(=O)OC(C)(C)C)CC5)s4)cc3n2)c1. The molecular formula is C28H33N7O3S. The summed E-state index contributed by atoms with van der Waals surface area (Å²) in [5.41, 5.74) is 3.08. The molecule has 4 aromatic heterocycles. The van der Waals surface area contributed by atoms with Gasteiger partial charge in [-0.15, -0.1) is 5.10 Å². The number of rotatable bonds is 6. The van der Waals surface area contributed by atoms with Crippen molar-refractivity contribution >= 4 is 40.1 Å². The number of hydrogen-bond acceptors (Lipinski definition) is 10. The Bertz CT molecular complexity index is 1460. The molecule has 1 aliphatic rings. The Kier molecular flexibility index (Phi) is 7.60. The fourth-order valence-corrected chi connectivity index (χ4v) is 4.98. The van der Waals surface area contributed by atoms with Gasteiger partial charge in [0.1, 0.15) is 17.5 Å². The van der Waals surface area contributed by atoms with E-state index in [1.165, 1.54) is 11.3 Å². The number of hydrogen-bond donors (Lipinski definition) is 1. The van der Waals surface area contributed by atoms with Crippen molar-refractivity contribution in [2.45, 2.75) is 65.1 Å². The molecule has 0 spiro atoms. The third kappa shape index (κ3) is 6.78. The number of thiazole rings is 1. The standard InChI is InChI=1S/C28H33N7O3S/c1-17(2)18-13-25(34-31-15-18)33-24-7-6-21-22(32-24)12-19(14-29-21)23-16-30-26(39-23)37-20-8-10-35(11-9-20)27(36)38-28(3,4)5/h6-7,12-17,20H,8-11H2,1-5H3,(H,32,33,34). The summed E-state index contributed by atoms with van der Waals surface area (Å²) < 4.78 is 11.6. The molecule has 1 amide bonds. The molecular weight excluding hydrogens is 514 g/mol. The zero-order valence-electron chi connectivity index (χ0n) is 22.8. The molecule has 0 saturated carbocycles. The molecule has 5 rings (SSSR count). The van der Waals surface area contributed by atoms with Gasteiger partial charge in [-0.2, -0.15) is 5.10 Å². The third-order valence-electron chi connectivity index (χ3n) is 6.27. The molecule has 0 bridgehead atoms. The van der Waals surface area contributed by atoms with Crippen LogP contribution in [0.15, 0.2) is 42.9 Å². The summed E-state index contributed by atoms with van der Waals surface area (Å²) in [5.74, 6) is 1.68. The largest absolute Gasteiger partial charge is 0.467 e. The van der Waals surface area contributed by atoms with Crippen LogP contribution in [-0.4, -0.2) is 60.9 Å². The molecule has 11 heteroatoms. The highest BCUT2D eigenvalue weighted by molar-refractivity contribution is 7.16. The zero-order chi connectivity index (χ0) is 27.6. The second kappa shape index (κ2) is 11.1. The van der Waals surface area contributed by atoms with Crippen LogP contribution in [0.5, 0.6) is 5.19 Å². The Balaban J connectivity index is 1.23. The lowest BCUT2D eigenvalue weighted by Crippen LogP contribution is -2.44. The van der Waals surface area contributed by atoms with E-state index < -0.39 is 5.60 Å². The molecule has 1 fully saturated rings. The fourth-order valence-electron chi connectivity index (χ4n) is 4.17. The maximum Gasteiger partial charge on any atom is 0.410 e. The summed E-state index contributed by atoms with van der Waals surface area (Å²) in [6, 6.07) is 7.79. The molecule has 1 aliphatic heterocycles. The summed E-state index contributed by atoms with van der Waals surface area (Å²) in [7, 11) is 0. The van der Waals surface area contributed by atoms with Gasteiger partial charge in [-0.25, -0.2) is 14.8 Å². The molecule has 4 aromatic rings. The molecule has 0 radical (unpaired) electrons. The predicted octanol–water partition coefficient (Wildman–Crippen LogP) is 6.19. The highest BCUT2D eigenvalue weighted by Crippen LogP contribution is 2.33. The van der Waals surface area contributed by atoms with Gasteiger partial charge >= 0.3 is 6.09 Å². The van der Waals surface area contributed by atoms with Gasteiger partial charge in [-0.1, -0.05) is 25.2 Å². The first-order valence-electron chi connectivity index (χ1n) is 13.1. The Labute approximate surface area is 231 Å². The van der Waals surface area contributed by atoms with Gasteiger partial charge in [-0.3, -0.25) is 4.98 Å². The second-order valence-corrected chi connectivity index (χ2v) is 11.9. The van der Waals surface area contributed by atoms with Crippen molar-refractivity contribution in [3.63, 3.8) is 0 Å². The van der Waals surface area contributed by atoms with Crippen molar-refractivity contribution in [1.29, 1.82) is 0 Å². The second-order valence-electron chi connectivity index (χ2n) is 10.9. The lowest BCUT2D eigenvalue weighted by Gasteiger charge is -2.33. The first kappa shape index (κ1) is 26.7. The molecule has 0 unspecified atom stereocenters. The molecule has 1 saturated heterocycles. The zero-order valence-corrected chi connectivity index (χ0v) is 23.7. The van der Waals surface area contributed by atoms with Gasteiger partial charge in [0.15, 0.2) is 5.82 Å². The Morgan fingerprint density at radius 2 is 1.85 bits per heavy atom.